The van der Waals surface area contributed by atoms with Gasteiger partial charge in [0.05, 0.1) is 10.7 Å². The van der Waals surface area contributed by atoms with Gasteiger partial charge in [-0.05, 0) is 42.8 Å². The van der Waals surface area contributed by atoms with E-state index in [1.54, 1.807) is 6.07 Å². The van der Waals surface area contributed by atoms with E-state index in [0.29, 0.717) is 10.7 Å². The quantitative estimate of drug-likeness (QED) is 0.791. The molecule has 0 bridgehead atoms. The van der Waals surface area contributed by atoms with E-state index in [2.05, 4.69) is 40.3 Å². The van der Waals surface area contributed by atoms with Crippen LogP contribution in [0.3, 0.4) is 0 Å². The van der Waals surface area contributed by atoms with Crippen molar-refractivity contribution in [2.75, 3.05) is 11.1 Å². The minimum absolute atomic E-state index is 0.170. The van der Waals surface area contributed by atoms with Crippen molar-refractivity contribution in [3.8, 4) is 0 Å². The Morgan fingerprint density at radius 3 is 2.67 bits per heavy atom. The number of halogens is 2. The number of nitrogen functional groups attached to an aromatic ring is 1. The van der Waals surface area contributed by atoms with Crippen LogP contribution in [0.4, 0.5) is 11.4 Å². The number of nitrogens with one attached hydrogen (secondary N) is 1. The van der Waals surface area contributed by atoms with E-state index in [1.165, 1.54) is 5.56 Å². The van der Waals surface area contributed by atoms with Gasteiger partial charge in [0.25, 0.3) is 0 Å². The number of anilines is 2. The van der Waals surface area contributed by atoms with E-state index in [1.807, 2.05) is 24.3 Å². The Morgan fingerprint density at radius 2 is 2.00 bits per heavy atom. The van der Waals surface area contributed by atoms with Gasteiger partial charge in [-0.3, -0.25) is 0 Å². The highest BCUT2D eigenvalue weighted by molar-refractivity contribution is 9.10. The number of hydrogen-bond donors (Lipinski definition) is 2. The van der Waals surface area contributed by atoms with Crippen LogP contribution in [0.25, 0.3) is 0 Å². The van der Waals surface area contributed by atoms with Crippen molar-refractivity contribution in [2.24, 2.45) is 0 Å². The topological polar surface area (TPSA) is 38.0 Å². The molecule has 2 aromatic rings. The molecule has 0 spiro atoms. The molecule has 2 rings (SSSR count). The molecule has 0 amide bonds. The first kappa shape index (κ1) is 13.2. The average molecular weight is 326 g/mol. The molecule has 3 N–H and O–H groups in total. The van der Waals surface area contributed by atoms with E-state index in [0.717, 1.165) is 10.2 Å². The molecular weight excluding hydrogens is 312 g/mol. The third kappa shape index (κ3) is 3.18. The van der Waals surface area contributed by atoms with Crippen LogP contribution in [0, 0.1) is 0 Å². The molecule has 0 aliphatic rings. The second-order valence-electron chi connectivity index (χ2n) is 4.16. The molecule has 0 radical (unpaired) electrons. The average Bonchev–Trinajstić information content (AvgIpc) is 2.32. The summed E-state index contributed by atoms with van der Waals surface area (Å²) >= 11 is 9.61. The van der Waals surface area contributed by atoms with Gasteiger partial charge in [-0.25, -0.2) is 0 Å². The van der Waals surface area contributed by atoms with Crippen LogP contribution < -0.4 is 11.1 Å². The van der Waals surface area contributed by atoms with Gasteiger partial charge in [-0.15, -0.1) is 0 Å². The van der Waals surface area contributed by atoms with Crippen molar-refractivity contribution < 1.29 is 0 Å². The maximum Gasteiger partial charge on any atom is 0.0658 e. The lowest BCUT2D eigenvalue weighted by Crippen LogP contribution is -2.07. The summed E-state index contributed by atoms with van der Waals surface area (Å²) in [5, 5.41) is 4.01. The standard InChI is InChI=1S/C14H14BrClN2/c1-9(10-3-2-4-11(15)7-10)18-14-6-5-12(17)8-13(14)16/h2-9,18H,17H2,1H3. The molecule has 0 aliphatic heterocycles. The summed E-state index contributed by atoms with van der Waals surface area (Å²) in [5.74, 6) is 0. The highest BCUT2D eigenvalue weighted by atomic mass is 79.9. The largest absolute Gasteiger partial charge is 0.399 e. The fourth-order valence-corrected chi connectivity index (χ4v) is 2.40. The van der Waals surface area contributed by atoms with Crippen LogP contribution >= 0.6 is 27.5 Å². The number of rotatable bonds is 3. The first-order valence-electron chi connectivity index (χ1n) is 5.63. The molecule has 0 heterocycles. The maximum atomic E-state index is 6.14. The van der Waals surface area contributed by atoms with Crippen molar-refractivity contribution in [3.63, 3.8) is 0 Å². The Hall–Kier alpha value is -1.19. The summed E-state index contributed by atoms with van der Waals surface area (Å²) < 4.78 is 1.07. The fourth-order valence-electron chi connectivity index (χ4n) is 1.74. The second kappa shape index (κ2) is 5.63. The Kier molecular flexibility index (Phi) is 4.15. The van der Waals surface area contributed by atoms with Crippen molar-refractivity contribution in [2.45, 2.75) is 13.0 Å². The van der Waals surface area contributed by atoms with Gasteiger partial charge in [0.15, 0.2) is 0 Å². The molecule has 2 aromatic carbocycles. The van der Waals surface area contributed by atoms with Crippen LogP contribution in [0.5, 0.6) is 0 Å². The van der Waals surface area contributed by atoms with Gasteiger partial charge >= 0.3 is 0 Å². The summed E-state index contributed by atoms with van der Waals surface area (Å²) in [5.41, 5.74) is 8.42. The summed E-state index contributed by atoms with van der Waals surface area (Å²) in [6.07, 6.45) is 0. The molecule has 0 aliphatic carbocycles. The lowest BCUT2D eigenvalue weighted by Gasteiger charge is -2.17. The van der Waals surface area contributed by atoms with Crippen LogP contribution in [-0.4, -0.2) is 0 Å². The zero-order valence-corrected chi connectivity index (χ0v) is 12.3. The molecule has 94 valence electrons. The van der Waals surface area contributed by atoms with Crippen molar-refractivity contribution >= 4 is 38.9 Å². The summed E-state index contributed by atoms with van der Waals surface area (Å²) in [4.78, 5) is 0. The van der Waals surface area contributed by atoms with Crippen LogP contribution in [0.1, 0.15) is 18.5 Å². The molecule has 0 fully saturated rings. The first-order chi connectivity index (χ1) is 8.56. The van der Waals surface area contributed by atoms with Crippen molar-refractivity contribution in [1.29, 1.82) is 0 Å². The highest BCUT2D eigenvalue weighted by Gasteiger charge is 2.08. The third-order valence-electron chi connectivity index (χ3n) is 2.71. The Balaban J connectivity index is 2.18. The second-order valence-corrected chi connectivity index (χ2v) is 5.48. The Labute approximate surface area is 120 Å². The van der Waals surface area contributed by atoms with Gasteiger partial charge in [0, 0.05) is 16.2 Å². The zero-order valence-electron chi connectivity index (χ0n) is 9.95. The lowest BCUT2D eigenvalue weighted by molar-refractivity contribution is 0.884. The highest BCUT2D eigenvalue weighted by Crippen LogP contribution is 2.28. The predicted molar refractivity (Wildman–Crippen MR) is 82.0 cm³/mol. The van der Waals surface area contributed by atoms with E-state index in [9.17, 15) is 0 Å². The van der Waals surface area contributed by atoms with Gasteiger partial charge in [-0.1, -0.05) is 39.7 Å². The molecule has 18 heavy (non-hydrogen) atoms. The van der Waals surface area contributed by atoms with E-state index < -0.39 is 0 Å². The van der Waals surface area contributed by atoms with Crippen LogP contribution in [0.2, 0.25) is 5.02 Å². The maximum absolute atomic E-state index is 6.14. The molecule has 0 saturated carbocycles. The monoisotopic (exact) mass is 324 g/mol. The normalized spacial score (nSPS) is 12.2. The minimum atomic E-state index is 0.170. The summed E-state index contributed by atoms with van der Waals surface area (Å²) in [6, 6.07) is 13.8. The van der Waals surface area contributed by atoms with Crippen molar-refractivity contribution in [3.05, 3.63) is 57.5 Å². The molecule has 2 nitrogen and oxygen atoms in total. The molecule has 0 saturated heterocycles. The van der Waals surface area contributed by atoms with E-state index >= 15 is 0 Å². The number of hydrogen-bond acceptors (Lipinski definition) is 2. The predicted octanol–water partition coefficient (Wildman–Crippen LogP) is 4.86. The summed E-state index contributed by atoms with van der Waals surface area (Å²) in [6.45, 7) is 2.09. The first-order valence-corrected chi connectivity index (χ1v) is 6.80. The zero-order chi connectivity index (χ0) is 13.1. The smallest absolute Gasteiger partial charge is 0.0658 e. The van der Waals surface area contributed by atoms with Gasteiger partial charge in [-0.2, -0.15) is 0 Å². The molecule has 0 aromatic heterocycles. The van der Waals surface area contributed by atoms with Crippen molar-refractivity contribution in [1.82, 2.24) is 0 Å². The fraction of sp³-hybridized carbons (Fsp3) is 0.143. The third-order valence-corrected chi connectivity index (χ3v) is 3.52. The number of benzene rings is 2. The summed E-state index contributed by atoms with van der Waals surface area (Å²) in [7, 11) is 0. The lowest BCUT2D eigenvalue weighted by atomic mass is 10.1. The van der Waals surface area contributed by atoms with Crippen LogP contribution in [0.15, 0.2) is 46.9 Å². The Morgan fingerprint density at radius 1 is 1.22 bits per heavy atom. The SMILES string of the molecule is CC(Nc1ccc(N)cc1Cl)c1cccc(Br)c1. The number of nitrogens with two attached hydrogens (primary N) is 1. The van der Waals surface area contributed by atoms with Gasteiger partial charge in [0.2, 0.25) is 0 Å². The van der Waals surface area contributed by atoms with E-state index in [-0.39, 0.29) is 6.04 Å². The van der Waals surface area contributed by atoms with Crippen LogP contribution in [-0.2, 0) is 0 Å². The van der Waals surface area contributed by atoms with Gasteiger partial charge < -0.3 is 11.1 Å². The Bertz CT molecular complexity index is 557. The molecule has 4 heteroatoms. The molecule has 1 atom stereocenters. The molecule has 1 unspecified atom stereocenters. The molecular formula is C14H14BrClN2. The van der Waals surface area contributed by atoms with E-state index in [4.69, 9.17) is 17.3 Å². The van der Waals surface area contributed by atoms with Gasteiger partial charge in [0.1, 0.15) is 0 Å². The minimum Gasteiger partial charge on any atom is -0.399 e.